The lowest BCUT2D eigenvalue weighted by Crippen LogP contribution is -2.29. The van der Waals surface area contributed by atoms with Gasteiger partial charge in [0, 0.05) is 5.56 Å². The van der Waals surface area contributed by atoms with Gasteiger partial charge < -0.3 is 10.1 Å². The zero-order valence-corrected chi connectivity index (χ0v) is 11.9. The van der Waals surface area contributed by atoms with Crippen molar-refractivity contribution in [1.29, 1.82) is 0 Å². The zero-order chi connectivity index (χ0) is 16.0. The second-order valence-corrected chi connectivity index (χ2v) is 4.74. The Morgan fingerprint density at radius 3 is 2.43 bits per heavy atom. The van der Waals surface area contributed by atoms with E-state index in [2.05, 4.69) is 10.1 Å². The molecule has 0 saturated carbocycles. The van der Waals surface area contributed by atoms with Crippen molar-refractivity contribution < 1.29 is 26.7 Å². The van der Waals surface area contributed by atoms with E-state index in [4.69, 9.17) is 0 Å². The molecule has 0 spiro atoms. The summed E-state index contributed by atoms with van der Waals surface area (Å²) in [6.45, 7) is 1.91. The summed E-state index contributed by atoms with van der Waals surface area (Å²) in [5.41, 5.74) is 0.107. The maximum atomic E-state index is 13.9. The molecule has 1 atom stereocenters. The number of hydrogen-bond donors (Lipinski definition) is 1. The number of ether oxygens (including phenoxy) is 1. The van der Waals surface area contributed by atoms with Gasteiger partial charge in [-0.1, -0.05) is 19.1 Å². The first kappa shape index (κ1) is 17.8. The van der Waals surface area contributed by atoms with Crippen LogP contribution in [0.4, 0.5) is 22.0 Å². The molecule has 0 aromatic heterocycles. The highest BCUT2D eigenvalue weighted by atomic mass is 19.4. The van der Waals surface area contributed by atoms with E-state index in [-0.39, 0.29) is 17.7 Å². The molecule has 21 heavy (non-hydrogen) atoms. The molecule has 0 fully saturated rings. The molecule has 1 unspecified atom stereocenters. The number of rotatable bonds is 7. The standard InChI is InChI=1S/C14H18F5NO/c1-3-6-20-11(7-21-8-14(17,18)19)10-5-4-9(2)12(15)13(10)16/h4-5,11,20H,3,6-8H2,1-2H3. The average Bonchev–Trinajstić information content (AvgIpc) is 2.39. The van der Waals surface area contributed by atoms with Gasteiger partial charge in [0.25, 0.3) is 0 Å². The minimum Gasteiger partial charge on any atom is -0.370 e. The van der Waals surface area contributed by atoms with Crippen LogP contribution in [0.1, 0.15) is 30.5 Å². The minimum atomic E-state index is -4.45. The van der Waals surface area contributed by atoms with Crippen molar-refractivity contribution in [3.8, 4) is 0 Å². The van der Waals surface area contributed by atoms with E-state index >= 15 is 0 Å². The van der Waals surface area contributed by atoms with Crippen LogP contribution in [0.2, 0.25) is 0 Å². The summed E-state index contributed by atoms with van der Waals surface area (Å²) in [6.07, 6.45) is -3.75. The van der Waals surface area contributed by atoms with Crippen LogP contribution in [-0.4, -0.2) is 25.9 Å². The Balaban J connectivity index is 2.84. The van der Waals surface area contributed by atoms with Crippen LogP contribution in [0.15, 0.2) is 12.1 Å². The highest BCUT2D eigenvalue weighted by Gasteiger charge is 2.28. The van der Waals surface area contributed by atoms with Gasteiger partial charge in [0.1, 0.15) is 6.61 Å². The number of hydrogen-bond acceptors (Lipinski definition) is 2. The summed E-state index contributed by atoms with van der Waals surface area (Å²) in [4.78, 5) is 0. The first-order valence-corrected chi connectivity index (χ1v) is 6.58. The van der Waals surface area contributed by atoms with Crippen LogP contribution < -0.4 is 5.32 Å². The summed E-state index contributed by atoms with van der Waals surface area (Å²) >= 11 is 0. The van der Waals surface area contributed by atoms with Crippen molar-refractivity contribution in [2.45, 2.75) is 32.5 Å². The zero-order valence-electron chi connectivity index (χ0n) is 11.9. The summed E-state index contributed by atoms with van der Waals surface area (Å²) in [5, 5.41) is 2.86. The van der Waals surface area contributed by atoms with Gasteiger partial charge in [-0.2, -0.15) is 13.2 Å². The Kier molecular flexibility index (Phi) is 6.54. The van der Waals surface area contributed by atoms with Crippen LogP contribution in [0.5, 0.6) is 0 Å². The summed E-state index contributed by atoms with van der Waals surface area (Å²) in [5.74, 6) is -2.05. The second-order valence-electron chi connectivity index (χ2n) is 4.74. The molecule has 0 bridgehead atoms. The molecule has 7 heteroatoms. The van der Waals surface area contributed by atoms with Crippen LogP contribution in [-0.2, 0) is 4.74 Å². The Labute approximate surface area is 120 Å². The fourth-order valence-electron chi connectivity index (χ4n) is 1.80. The van der Waals surface area contributed by atoms with E-state index in [1.54, 1.807) is 0 Å². The molecule has 1 rings (SSSR count). The molecule has 2 nitrogen and oxygen atoms in total. The normalized spacial score (nSPS) is 13.5. The van der Waals surface area contributed by atoms with Crippen LogP contribution in [0, 0.1) is 18.6 Å². The monoisotopic (exact) mass is 311 g/mol. The smallest absolute Gasteiger partial charge is 0.370 e. The first-order valence-electron chi connectivity index (χ1n) is 6.58. The molecule has 0 radical (unpaired) electrons. The van der Waals surface area contributed by atoms with E-state index in [0.29, 0.717) is 13.0 Å². The van der Waals surface area contributed by atoms with E-state index in [1.165, 1.54) is 19.1 Å². The Morgan fingerprint density at radius 1 is 1.19 bits per heavy atom. The molecule has 0 aliphatic carbocycles. The predicted molar refractivity (Wildman–Crippen MR) is 69.0 cm³/mol. The number of benzene rings is 1. The molecule has 1 aromatic rings. The lowest BCUT2D eigenvalue weighted by Gasteiger charge is -2.20. The molecule has 0 amide bonds. The largest absolute Gasteiger partial charge is 0.411 e. The van der Waals surface area contributed by atoms with Gasteiger partial charge in [0.15, 0.2) is 11.6 Å². The van der Waals surface area contributed by atoms with Crippen molar-refractivity contribution >= 4 is 0 Å². The maximum Gasteiger partial charge on any atom is 0.411 e. The summed E-state index contributed by atoms with van der Waals surface area (Å²) < 4.78 is 68.3. The average molecular weight is 311 g/mol. The van der Waals surface area contributed by atoms with Gasteiger partial charge in [0.2, 0.25) is 0 Å². The fraction of sp³-hybridized carbons (Fsp3) is 0.571. The maximum absolute atomic E-state index is 13.9. The quantitative estimate of drug-likeness (QED) is 0.771. The van der Waals surface area contributed by atoms with Gasteiger partial charge in [0.05, 0.1) is 12.6 Å². The van der Waals surface area contributed by atoms with Gasteiger partial charge >= 0.3 is 6.18 Å². The molecular weight excluding hydrogens is 293 g/mol. The molecule has 0 saturated heterocycles. The van der Waals surface area contributed by atoms with Crippen LogP contribution in [0.25, 0.3) is 0 Å². The third kappa shape index (κ3) is 5.59. The van der Waals surface area contributed by atoms with Gasteiger partial charge in [-0.05, 0) is 25.5 Å². The second kappa shape index (κ2) is 7.70. The lowest BCUT2D eigenvalue weighted by atomic mass is 10.0. The van der Waals surface area contributed by atoms with Crippen molar-refractivity contribution in [1.82, 2.24) is 5.32 Å². The van der Waals surface area contributed by atoms with Crippen molar-refractivity contribution in [3.05, 3.63) is 34.9 Å². The molecule has 1 aromatic carbocycles. The van der Waals surface area contributed by atoms with E-state index < -0.39 is 30.5 Å². The molecule has 120 valence electrons. The van der Waals surface area contributed by atoms with Gasteiger partial charge in [-0.25, -0.2) is 8.78 Å². The van der Waals surface area contributed by atoms with Crippen molar-refractivity contribution in [2.24, 2.45) is 0 Å². The Bertz CT molecular complexity index is 461. The molecule has 1 N–H and O–H groups in total. The van der Waals surface area contributed by atoms with E-state index in [9.17, 15) is 22.0 Å². The highest BCUT2D eigenvalue weighted by molar-refractivity contribution is 5.28. The molecule has 0 heterocycles. The summed E-state index contributed by atoms with van der Waals surface area (Å²) in [7, 11) is 0. The number of halogens is 5. The summed E-state index contributed by atoms with van der Waals surface area (Å²) in [6, 6.07) is 1.92. The van der Waals surface area contributed by atoms with Crippen molar-refractivity contribution in [2.75, 3.05) is 19.8 Å². The SMILES string of the molecule is CCCNC(COCC(F)(F)F)c1ccc(C)c(F)c1F. The van der Waals surface area contributed by atoms with E-state index in [0.717, 1.165) is 0 Å². The third-order valence-electron chi connectivity index (χ3n) is 2.87. The fourth-order valence-corrected chi connectivity index (χ4v) is 1.80. The topological polar surface area (TPSA) is 21.3 Å². The highest BCUT2D eigenvalue weighted by Crippen LogP contribution is 2.23. The first-order chi connectivity index (χ1) is 9.76. The van der Waals surface area contributed by atoms with Gasteiger partial charge in [-0.3, -0.25) is 0 Å². The molecular formula is C14H18F5NO. The third-order valence-corrected chi connectivity index (χ3v) is 2.87. The van der Waals surface area contributed by atoms with Crippen LogP contribution in [0.3, 0.4) is 0 Å². The molecule has 0 aliphatic rings. The van der Waals surface area contributed by atoms with Crippen molar-refractivity contribution in [3.63, 3.8) is 0 Å². The predicted octanol–water partition coefficient (Wildman–Crippen LogP) is 3.89. The van der Waals surface area contributed by atoms with Crippen LogP contribution >= 0.6 is 0 Å². The Hall–Kier alpha value is -1.21. The minimum absolute atomic E-state index is 0.0336. The van der Waals surface area contributed by atoms with E-state index in [1.807, 2.05) is 6.92 Å². The Morgan fingerprint density at radius 2 is 1.86 bits per heavy atom. The molecule has 0 aliphatic heterocycles. The number of nitrogens with one attached hydrogen (secondary N) is 1. The number of alkyl halides is 3. The van der Waals surface area contributed by atoms with Gasteiger partial charge in [-0.15, -0.1) is 0 Å². The number of aryl methyl sites for hydroxylation is 1. The lowest BCUT2D eigenvalue weighted by molar-refractivity contribution is -0.175.